The fraction of sp³-hybridized carbons (Fsp3) is 0.190. The van der Waals surface area contributed by atoms with Gasteiger partial charge in [0.1, 0.15) is 11.6 Å². The average Bonchev–Trinajstić information content (AvgIpc) is 3.16. The minimum Gasteiger partial charge on any atom is -0.397 e. The van der Waals surface area contributed by atoms with Crippen molar-refractivity contribution in [2.75, 3.05) is 11.1 Å². The molecule has 6 heteroatoms. The summed E-state index contributed by atoms with van der Waals surface area (Å²) in [5.41, 5.74) is 9.45. The Kier molecular flexibility index (Phi) is 3.22. The lowest BCUT2D eigenvalue weighted by atomic mass is 9.65. The van der Waals surface area contributed by atoms with Gasteiger partial charge in [0.15, 0.2) is 0 Å². The monoisotopic (exact) mass is 365 g/mol. The number of nitrogens with zero attached hydrogens (tertiary/aromatic N) is 1. The molecule has 0 radical (unpaired) electrons. The van der Waals surface area contributed by atoms with Crippen LogP contribution >= 0.6 is 0 Å². The van der Waals surface area contributed by atoms with E-state index in [1.54, 1.807) is 24.4 Å². The highest BCUT2D eigenvalue weighted by Crippen LogP contribution is 2.53. The SMILES string of the molecule is Nc1cc(-n2cccc2-c2ccc(F)cc2F)cc2c1NC(=O)C21CCC1. The lowest BCUT2D eigenvalue weighted by molar-refractivity contribution is -0.123. The fourth-order valence-corrected chi connectivity index (χ4v) is 4.21. The van der Waals surface area contributed by atoms with Crippen LogP contribution in [0.15, 0.2) is 48.7 Å². The van der Waals surface area contributed by atoms with Gasteiger partial charge in [-0.15, -0.1) is 0 Å². The van der Waals surface area contributed by atoms with Crippen molar-refractivity contribution < 1.29 is 13.6 Å². The van der Waals surface area contributed by atoms with Crippen molar-refractivity contribution in [3.63, 3.8) is 0 Å². The van der Waals surface area contributed by atoms with Crippen LogP contribution in [0.5, 0.6) is 0 Å². The Hall–Kier alpha value is -3.15. The van der Waals surface area contributed by atoms with Crippen molar-refractivity contribution in [1.82, 2.24) is 4.57 Å². The third kappa shape index (κ3) is 2.16. The van der Waals surface area contributed by atoms with Crippen molar-refractivity contribution in [3.05, 3.63) is 65.9 Å². The molecule has 2 aliphatic rings. The van der Waals surface area contributed by atoms with E-state index in [-0.39, 0.29) is 5.91 Å². The van der Waals surface area contributed by atoms with Crippen molar-refractivity contribution >= 4 is 17.3 Å². The third-order valence-corrected chi connectivity index (χ3v) is 5.78. The van der Waals surface area contributed by atoms with Gasteiger partial charge >= 0.3 is 0 Å². The summed E-state index contributed by atoms with van der Waals surface area (Å²) in [6, 6.07) is 10.8. The van der Waals surface area contributed by atoms with Crippen LogP contribution < -0.4 is 11.1 Å². The van der Waals surface area contributed by atoms with E-state index >= 15 is 0 Å². The van der Waals surface area contributed by atoms with Gasteiger partial charge in [-0.25, -0.2) is 8.78 Å². The second-order valence-corrected chi connectivity index (χ2v) is 7.23. The summed E-state index contributed by atoms with van der Waals surface area (Å²) in [6.45, 7) is 0. The summed E-state index contributed by atoms with van der Waals surface area (Å²) in [5, 5.41) is 2.92. The van der Waals surface area contributed by atoms with Crippen molar-refractivity contribution in [1.29, 1.82) is 0 Å². The first-order chi connectivity index (χ1) is 13.0. The minimum absolute atomic E-state index is 0.00455. The largest absolute Gasteiger partial charge is 0.397 e. The van der Waals surface area contributed by atoms with Crippen LogP contribution in [0.1, 0.15) is 24.8 Å². The number of hydrogen-bond donors (Lipinski definition) is 2. The Morgan fingerprint density at radius 1 is 1.11 bits per heavy atom. The van der Waals surface area contributed by atoms with E-state index in [1.807, 2.05) is 10.6 Å². The van der Waals surface area contributed by atoms with Gasteiger partial charge in [-0.1, -0.05) is 6.42 Å². The van der Waals surface area contributed by atoms with E-state index in [1.165, 1.54) is 12.1 Å². The third-order valence-electron chi connectivity index (χ3n) is 5.78. The zero-order valence-corrected chi connectivity index (χ0v) is 14.4. The predicted molar refractivity (Wildman–Crippen MR) is 99.7 cm³/mol. The highest BCUT2D eigenvalue weighted by Gasteiger charge is 2.51. The fourth-order valence-electron chi connectivity index (χ4n) is 4.21. The van der Waals surface area contributed by atoms with Gasteiger partial charge in [0.05, 0.1) is 22.5 Å². The molecule has 3 aromatic rings. The molecule has 0 bridgehead atoms. The Labute approximate surface area is 154 Å². The number of carbonyl (C=O) groups excluding carboxylic acids is 1. The summed E-state index contributed by atoms with van der Waals surface area (Å²) >= 11 is 0. The highest BCUT2D eigenvalue weighted by molar-refractivity contribution is 6.09. The Balaban J connectivity index is 1.67. The maximum absolute atomic E-state index is 14.3. The number of rotatable bonds is 2. The zero-order chi connectivity index (χ0) is 18.8. The maximum Gasteiger partial charge on any atom is 0.235 e. The number of hydrogen-bond acceptors (Lipinski definition) is 2. The van der Waals surface area contributed by atoms with Gasteiger partial charge in [-0.3, -0.25) is 4.79 Å². The Bertz CT molecular complexity index is 1100. The van der Waals surface area contributed by atoms with E-state index in [0.29, 0.717) is 22.6 Å². The first kappa shape index (κ1) is 16.1. The van der Waals surface area contributed by atoms with Crippen LogP contribution in [0.3, 0.4) is 0 Å². The van der Waals surface area contributed by atoms with Crippen molar-refractivity contribution in [3.8, 4) is 16.9 Å². The van der Waals surface area contributed by atoms with E-state index in [2.05, 4.69) is 5.32 Å². The number of amides is 1. The van der Waals surface area contributed by atoms with Gasteiger partial charge in [-0.2, -0.15) is 0 Å². The summed E-state index contributed by atoms with van der Waals surface area (Å²) in [7, 11) is 0. The standard InChI is InChI=1S/C21H17F2N3O/c22-12-4-5-14(16(23)9-12)18-3-1-8-26(18)13-10-15-19(17(24)11-13)25-20(27)21(15)6-2-7-21/h1,3-5,8-11H,2,6-7,24H2,(H,25,27). The van der Waals surface area contributed by atoms with Crippen LogP contribution in [0.25, 0.3) is 16.9 Å². The molecule has 27 heavy (non-hydrogen) atoms. The summed E-state index contributed by atoms with van der Waals surface area (Å²) in [6.07, 6.45) is 4.42. The summed E-state index contributed by atoms with van der Waals surface area (Å²) in [4.78, 5) is 12.5. The molecule has 3 N–H and O–H groups in total. The first-order valence-electron chi connectivity index (χ1n) is 8.88. The minimum atomic E-state index is -0.628. The van der Waals surface area contributed by atoms with Gasteiger partial charge in [0.2, 0.25) is 5.91 Å². The number of nitrogens with one attached hydrogen (secondary N) is 1. The molecule has 1 amide bonds. The number of fused-ring (bicyclic) bond motifs is 2. The van der Waals surface area contributed by atoms with Gasteiger partial charge in [-0.05, 0) is 54.8 Å². The number of nitrogens with two attached hydrogens (primary N) is 1. The van der Waals surface area contributed by atoms with Crippen LogP contribution in [-0.4, -0.2) is 10.5 Å². The van der Waals surface area contributed by atoms with Gasteiger partial charge in [0.25, 0.3) is 0 Å². The molecule has 1 saturated carbocycles. The zero-order valence-electron chi connectivity index (χ0n) is 14.4. The Morgan fingerprint density at radius 3 is 2.63 bits per heavy atom. The molecule has 1 spiro atoms. The molecular formula is C21H17F2N3O. The molecule has 2 heterocycles. The number of halogens is 2. The van der Waals surface area contributed by atoms with Crippen LogP contribution in [0.2, 0.25) is 0 Å². The molecule has 1 fully saturated rings. The second-order valence-electron chi connectivity index (χ2n) is 7.23. The summed E-state index contributed by atoms with van der Waals surface area (Å²) in [5.74, 6) is -1.24. The highest BCUT2D eigenvalue weighted by atomic mass is 19.1. The van der Waals surface area contributed by atoms with E-state index in [9.17, 15) is 13.6 Å². The maximum atomic E-state index is 14.3. The quantitative estimate of drug-likeness (QED) is 0.662. The molecule has 1 aromatic heterocycles. The van der Waals surface area contributed by atoms with Gasteiger partial charge < -0.3 is 15.6 Å². The molecule has 0 saturated heterocycles. The topological polar surface area (TPSA) is 60.0 Å². The molecule has 5 rings (SSSR count). The lowest BCUT2D eigenvalue weighted by Gasteiger charge is -2.36. The first-order valence-corrected chi connectivity index (χ1v) is 8.88. The molecule has 136 valence electrons. The molecule has 0 atom stereocenters. The number of benzene rings is 2. The molecule has 1 aliphatic carbocycles. The smallest absolute Gasteiger partial charge is 0.235 e. The van der Waals surface area contributed by atoms with Crippen LogP contribution in [0.4, 0.5) is 20.2 Å². The van der Waals surface area contributed by atoms with Gasteiger partial charge in [0, 0.05) is 23.5 Å². The molecule has 1 aliphatic heterocycles. The molecule has 4 nitrogen and oxygen atoms in total. The number of anilines is 2. The van der Waals surface area contributed by atoms with E-state index < -0.39 is 17.0 Å². The predicted octanol–water partition coefficient (Wildman–Crippen LogP) is 4.38. The molecule has 2 aromatic carbocycles. The normalized spacial score (nSPS) is 16.9. The van der Waals surface area contributed by atoms with Crippen LogP contribution in [-0.2, 0) is 10.2 Å². The van der Waals surface area contributed by atoms with E-state index in [0.717, 1.165) is 36.6 Å². The van der Waals surface area contributed by atoms with E-state index in [4.69, 9.17) is 5.73 Å². The summed E-state index contributed by atoms with van der Waals surface area (Å²) < 4.78 is 29.4. The van der Waals surface area contributed by atoms with Crippen molar-refractivity contribution in [2.45, 2.75) is 24.7 Å². The second kappa shape index (κ2) is 5.42. The number of aromatic nitrogens is 1. The molecule has 0 unspecified atom stereocenters. The van der Waals surface area contributed by atoms with Crippen LogP contribution in [0, 0.1) is 11.6 Å². The number of nitrogen functional groups attached to an aromatic ring is 1. The molecular weight excluding hydrogens is 348 g/mol. The average molecular weight is 365 g/mol. The number of carbonyl (C=O) groups is 1. The Morgan fingerprint density at radius 2 is 1.93 bits per heavy atom. The van der Waals surface area contributed by atoms with Crippen molar-refractivity contribution in [2.24, 2.45) is 0 Å². The lowest BCUT2D eigenvalue weighted by Crippen LogP contribution is -2.40.